The van der Waals surface area contributed by atoms with Gasteiger partial charge in [0.25, 0.3) is 0 Å². The minimum atomic E-state index is -3.88. The minimum absolute atomic E-state index is 0.0737. The number of amides is 1. The Morgan fingerprint density at radius 1 is 1.30 bits per heavy atom. The molecule has 1 aromatic rings. The maximum absolute atomic E-state index is 13.5. The zero-order chi connectivity index (χ0) is 23.8. The van der Waals surface area contributed by atoms with E-state index in [1.54, 1.807) is 37.1 Å². The zero-order valence-corrected chi connectivity index (χ0v) is 20.5. The number of carbonyl (C=O) groups is 1. The molecule has 180 valence electrons. The van der Waals surface area contributed by atoms with Gasteiger partial charge in [-0.2, -0.15) is 4.31 Å². The first-order valence-corrected chi connectivity index (χ1v) is 13.3. The van der Waals surface area contributed by atoms with Crippen molar-refractivity contribution < 1.29 is 23.1 Å². The summed E-state index contributed by atoms with van der Waals surface area (Å²) in [6.45, 7) is 3.92. The average molecular weight is 475 g/mol. The van der Waals surface area contributed by atoms with Crippen LogP contribution in [-0.2, 0) is 14.8 Å². The molecule has 1 aliphatic heterocycles. The first kappa shape index (κ1) is 24.1. The van der Waals surface area contributed by atoms with E-state index in [1.807, 2.05) is 6.92 Å². The lowest BCUT2D eigenvalue weighted by Gasteiger charge is -2.38. The number of ether oxygens (including phenoxy) is 1. The molecule has 7 nitrogen and oxygen atoms in total. The van der Waals surface area contributed by atoms with Gasteiger partial charge in [-0.15, -0.1) is 0 Å². The molecule has 2 fully saturated rings. The molecule has 2 aliphatic carbocycles. The molecule has 0 radical (unpaired) electrons. The predicted octanol–water partition coefficient (Wildman–Crippen LogP) is 2.48. The fraction of sp³-hybridized carbons (Fsp3) is 0.640. The number of hydrogen-bond donors (Lipinski definition) is 1. The van der Waals surface area contributed by atoms with Crippen LogP contribution in [0, 0.1) is 29.6 Å². The number of nitrogens with zero attached hydrogens (tertiary/aromatic N) is 2. The Morgan fingerprint density at radius 3 is 2.64 bits per heavy atom. The summed E-state index contributed by atoms with van der Waals surface area (Å²) in [5.41, 5.74) is 0.712. The van der Waals surface area contributed by atoms with Gasteiger partial charge in [-0.1, -0.05) is 25.2 Å². The van der Waals surface area contributed by atoms with E-state index in [2.05, 4.69) is 11.8 Å². The Labute approximate surface area is 197 Å². The van der Waals surface area contributed by atoms with Crippen molar-refractivity contribution in [3.63, 3.8) is 0 Å². The monoisotopic (exact) mass is 474 g/mol. The van der Waals surface area contributed by atoms with Crippen LogP contribution in [0.15, 0.2) is 23.1 Å². The molecular weight excluding hydrogens is 440 g/mol. The van der Waals surface area contributed by atoms with Gasteiger partial charge >= 0.3 is 0 Å². The van der Waals surface area contributed by atoms with Crippen molar-refractivity contribution in [2.75, 3.05) is 26.7 Å². The number of aliphatic hydroxyl groups excluding tert-OH is 1. The molecule has 0 bridgehead atoms. The van der Waals surface area contributed by atoms with Gasteiger partial charge in [-0.25, -0.2) is 8.42 Å². The third kappa shape index (κ3) is 5.21. The second-order valence-electron chi connectivity index (χ2n) is 9.79. The number of sulfonamides is 1. The third-order valence-corrected chi connectivity index (χ3v) is 8.97. The molecular formula is C25H34N2O5S. The molecule has 0 spiro atoms. The summed E-state index contributed by atoms with van der Waals surface area (Å²) in [5.74, 6) is 7.04. The molecule has 8 heteroatoms. The lowest BCUT2D eigenvalue weighted by atomic mass is 9.84. The van der Waals surface area contributed by atoms with Crippen LogP contribution in [0.5, 0.6) is 5.75 Å². The van der Waals surface area contributed by atoms with E-state index in [0.29, 0.717) is 18.0 Å². The number of rotatable bonds is 5. The smallest absolute Gasteiger partial charge is 0.247 e. The Kier molecular flexibility index (Phi) is 7.04. The molecule has 1 amide bonds. The summed E-state index contributed by atoms with van der Waals surface area (Å²) in [6.07, 6.45) is 4.76. The largest absolute Gasteiger partial charge is 0.487 e. The molecule has 0 unspecified atom stereocenters. The van der Waals surface area contributed by atoms with Crippen molar-refractivity contribution in [3.05, 3.63) is 23.8 Å². The summed E-state index contributed by atoms with van der Waals surface area (Å²) in [4.78, 5) is 14.5. The molecule has 1 aromatic carbocycles. The minimum Gasteiger partial charge on any atom is -0.487 e. The normalized spacial score (nSPS) is 25.8. The molecule has 33 heavy (non-hydrogen) atoms. The van der Waals surface area contributed by atoms with Gasteiger partial charge in [0, 0.05) is 43.0 Å². The van der Waals surface area contributed by atoms with E-state index >= 15 is 0 Å². The van der Waals surface area contributed by atoms with Crippen LogP contribution < -0.4 is 4.74 Å². The van der Waals surface area contributed by atoms with Gasteiger partial charge in [0.1, 0.15) is 16.7 Å². The molecule has 2 saturated carbocycles. The number of benzene rings is 1. The maximum atomic E-state index is 13.5. The second kappa shape index (κ2) is 9.65. The van der Waals surface area contributed by atoms with Gasteiger partial charge in [0.15, 0.2) is 0 Å². The van der Waals surface area contributed by atoms with Crippen molar-refractivity contribution in [1.29, 1.82) is 0 Å². The number of fused-ring (bicyclic) bond motifs is 1. The highest BCUT2D eigenvalue weighted by atomic mass is 32.2. The lowest BCUT2D eigenvalue weighted by Crippen LogP contribution is -2.50. The molecule has 3 aliphatic rings. The summed E-state index contributed by atoms with van der Waals surface area (Å²) < 4.78 is 34.7. The summed E-state index contributed by atoms with van der Waals surface area (Å²) >= 11 is 0. The quantitative estimate of drug-likeness (QED) is 0.663. The fourth-order valence-electron chi connectivity index (χ4n) is 4.26. The second-order valence-corrected chi connectivity index (χ2v) is 11.7. The Bertz CT molecular complexity index is 1050. The van der Waals surface area contributed by atoms with Gasteiger partial charge in [-0.3, -0.25) is 4.79 Å². The maximum Gasteiger partial charge on any atom is 0.247 e. The van der Waals surface area contributed by atoms with Crippen molar-refractivity contribution in [2.45, 2.75) is 63.0 Å². The van der Waals surface area contributed by atoms with E-state index in [-0.39, 0.29) is 41.5 Å². The first-order valence-electron chi connectivity index (χ1n) is 11.9. The average Bonchev–Trinajstić information content (AvgIpc) is 3.57. The first-order chi connectivity index (χ1) is 15.7. The summed E-state index contributed by atoms with van der Waals surface area (Å²) in [7, 11) is -2.09. The number of carbonyl (C=O) groups excluding carboxylic acids is 1. The van der Waals surface area contributed by atoms with Crippen LogP contribution in [0.4, 0.5) is 0 Å². The van der Waals surface area contributed by atoms with Gasteiger partial charge < -0.3 is 14.7 Å². The van der Waals surface area contributed by atoms with E-state index in [4.69, 9.17) is 4.74 Å². The van der Waals surface area contributed by atoms with Crippen molar-refractivity contribution in [2.24, 2.45) is 17.8 Å². The molecule has 4 rings (SSSR count). The van der Waals surface area contributed by atoms with E-state index in [9.17, 15) is 18.3 Å². The number of likely N-dealkylation sites (N-methyl/N-ethyl adjacent to an activating group) is 1. The Morgan fingerprint density at radius 2 is 2.03 bits per heavy atom. The summed E-state index contributed by atoms with van der Waals surface area (Å²) in [5, 5.41) is 9.76. The van der Waals surface area contributed by atoms with E-state index < -0.39 is 22.2 Å². The van der Waals surface area contributed by atoms with E-state index in [1.165, 1.54) is 4.31 Å². The van der Waals surface area contributed by atoms with Gasteiger partial charge in [0.2, 0.25) is 15.9 Å². The Balaban J connectivity index is 1.68. The fourth-order valence-corrected chi connectivity index (χ4v) is 6.09. The van der Waals surface area contributed by atoms with Gasteiger partial charge in [-0.05, 0) is 50.8 Å². The van der Waals surface area contributed by atoms with Gasteiger partial charge in [0.05, 0.1) is 13.2 Å². The van der Waals surface area contributed by atoms with Crippen LogP contribution in [0.25, 0.3) is 0 Å². The molecule has 3 atom stereocenters. The van der Waals surface area contributed by atoms with Crippen molar-refractivity contribution in [3.8, 4) is 17.6 Å². The van der Waals surface area contributed by atoms with Crippen LogP contribution in [0.2, 0.25) is 0 Å². The van der Waals surface area contributed by atoms with Crippen molar-refractivity contribution in [1.82, 2.24) is 9.21 Å². The zero-order valence-electron chi connectivity index (χ0n) is 19.7. The molecule has 0 aromatic heterocycles. The lowest BCUT2D eigenvalue weighted by molar-refractivity contribution is -0.138. The molecule has 0 saturated heterocycles. The molecule has 1 heterocycles. The number of aliphatic hydroxyl groups is 1. The van der Waals surface area contributed by atoms with Crippen LogP contribution in [-0.4, -0.2) is 67.5 Å². The third-order valence-electron chi connectivity index (χ3n) is 6.95. The highest BCUT2D eigenvalue weighted by molar-refractivity contribution is 7.89. The Hall–Kier alpha value is -2.08. The summed E-state index contributed by atoms with van der Waals surface area (Å²) in [6, 6.07) is 4.38. The van der Waals surface area contributed by atoms with Crippen molar-refractivity contribution >= 4 is 15.9 Å². The molecule has 1 N–H and O–H groups in total. The topological polar surface area (TPSA) is 87.2 Å². The highest BCUT2D eigenvalue weighted by Crippen LogP contribution is 2.35. The van der Waals surface area contributed by atoms with E-state index in [0.717, 1.165) is 32.1 Å². The SMILES string of the molecule is C[C@@H]1CN([C@H](C)CO)S(=O)(=O)c2ccc(C#CC3CC3)cc2O[C@H]1CN(C)C(=O)C1CCC1. The van der Waals surface area contributed by atoms with Crippen LogP contribution >= 0.6 is 0 Å². The van der Waals surface area contributed by atoms with Crippen LogP contribution in [0.3, 0.4) is 0 Å². The van der Waals surface area contributed by atoms with Crippen LogP contribution in [0.1, 0.15) is 51.5 Å². The highest BCUT2D eigenvalue weighted by Gasteiger charge is 2.39. The number of hydrogen-bond acceptors (Lipinski definition) is 5. The standard InChI is InChI=1S/C25H34N2O5S/c1-17-14-27(18(2)16-28)33(30,31)24-12-11-20(10-9-19-7-8-19)13-22(24)32-23(17)15-26(3)25(29)21-5-4-6-21/h11-13,17-19,21,23,28H,4-8,14-16H2,1-3H3/t17-,18-,23+/m1/s1. The predicted molar refractivity (Wildman–Crippen MR) is 125 cm³/mol.